The molecule has 1 N–H and O–H groups in total. The Kier molecular flexibility index (Phi) is 5.87. The van der Waals surface area contributed by atoms with Crippen LogP contribution in [0.25, 0.3) is 0 Å². The summed E-state index contributed by atoms with van der Waals surface area (Å²) in [6.45, 7) is 5.93. The molecular weight excluding hydrogens is 336 g/mol. The Morgan fingerprint density at radius 1 is 1.04 bits per heavy atom. The molecule has 0 bridgehead atoms. The van der Waals surface area contributed by atoms with Gasteiger partial charge in [0.2, 0.25) is 5.69 Å². The van der Waals surface area contributed by atoms with E-state index in [1.165, 1.54) is 17.0 Å². The molecule has 1 aliphatic rings. The quantitative estimate of drug-likeness (QED) is 0.328. The van der Waals surface area contributed by atoms with E-state index in [9.17, 15) is 4.79 Å². The van der Waals surface area contributed by atoms with E-state index >= 15 is 0 Å². The van der Waals surface area contributed by atoms with Crippen molar-refractivity contribution in [2.24, 2.45) is 0 Å². The zero-order valence-corrected chi connectivity index (χ0v) is 15.8. The van der Waals surface area contributed by atoms with Crippen LogP contribution < -0.4 is 5.32 Å². The summed E-state index contributed by atoms with van der Waals surface area (Å²) in [6.07, 6.45) is 8.07. The fraction of sp³-hybridized carbons (Fsp3) is 0.217. The fourth-order valence-corrected chi connectivity index (χ4v) is 3.45. The van der Waals surface area contributed by atoms with Crippen molar-refractivity contribution in [3.05, 3.63) is 84.6 Å². The van der Waals surface area contributed by atoms with Gasteiger partial charge in [0.25, 0.3) is 6.47 Å². The lowest BCUT2D eigenvalue weighted by molar-refractivity contribution is -0.440. The van der Waals surface area contributed by atoms with Crippen molar-refractivity contribution in [1.29, 1.82) is 0 Å². The molecule has 2 aromatic rings. The Labute approximate surface area is 160 Å². The molecule has 0 spiro atoms. The fourth-order valence-electron chi connectivity index (χ4n) is 3.45. The van der Waals surface area contributed by atoms with Crippen LogP contribution in [0.3, 0.4) is 0 Å². The Balaban J connectivity index is 1.81. The van der Waals surface area contributed by atoms with Gasteiger partial charge in [-0.15, -0.1) is 0 Å². The van der Waals surface area contributed by atoms with E-state index in [4.69, 9.17) is 4.74 Å². The first-order valence-electron chi connectivity index (χ1n) is 9.09. The van der Waals surface area contributed by atoms with E-state index in [0.29, 0.717) is 19.6 Å². The maximum absolute atomic E-state index is 10.5. The number of nitrogens with one attached hydrogen (secondary N) is 1. The number of para-hydroxylation sites is 2. The number of benzene rings is 2. The van der Waals surface area contributed by atoms with Gasteiger partial charge in [0.05, 0.1) is 5.41 Å². The Morgan fingerprint density at radius 2 is 1.78 bits per heavy atom. The predicted molar refractivity (Wildman–Crippen MR) is 110 cm³/mol. The minimum atomic E-state index is -0.116. The molecule has 4 nitrogen and oxygen atoms in total. The van der Waals surface area contributed by atoms with Crippen LogP contribution in [-0.4, -0.2) is 29.9 Å². The molecular formula is C23H25N2O2+. The lowest BCUT2D eigenvalue weighted by Crippen LogP contribution is -2.28. The second-order valence-electron chi connectivity index (χ2n) is 6.87. The van der Waals surface area contributed by atoms with Crippen LogP contribution in [0.5, 0.6) is 0 Å². The molecule has 1 heterocycles. The summed E-state index contributed by atoms with van der Waals surface area (Å²) in [5, 5.41) is 3.25. The Hall–Kier alpha value is -3.14. The zero-order valence-electron chi connectivity index (χ0n) is 15.8. The van der Waals surface area contributed by atoms with Gasteiger partial charge in [-0.25, -0.2) is 0 Å². The van der Waals surface area contributed by atoms with Crippen LogP contribution in [0.1, 0.15) is 19.4 Å². The summed E-state index contributed by atoms with van der Waals surface area (Å²) in [5.41, 5.74) is 4.57. The molecule has 0 saturated carbocycles. The molecule has 1 aliphatic heterocycles. The monoisotopic (exact) mass is 361 g/mol. The third-order valence-corrected chi connectivity index (χ3v) is 4.79. The molecule has 0 aromatic heterocycles. The van der Waals surface area contributed by atoms with E-state index in [1.54, 1.807) is 0 Å². The molecule has 138 valence electrons. The molecule has 0 amide bonds. The highest BCUT2D eigenvalue weighted by atomic mass is 16.5. The van der Waals surface area contributed by atoms with Gasteiger partial charge in [0, 0.05) is 29.6 Å². The number of nitrogens with zero attached hydrogens (tertiary/aromatic N) is 1. The lowest BCUT2D eigenvalue weighted by Gasteiger charge is -2.15. The first-order chi connectivity index (χ1) is 13.1. The minimum absolute atomic E-state index is 0.116. The third kappa shape index (κ3) is 4.17. The molecule has 2 aromatic carbocycles. The average molecular weight is 361 g/mol. The van der Waals surface area contributed by atoms with Crippen molar-refractivity contribution in [2.75, 3.05) is 18.5 Å². The highest BCUT2D eigenvalue weighted by Crippen LogP contribution is 2.39. The number of anilines is 1. The van der Waals surface area contributed by atoms with Gasteiger partial charge in [-0.1, -0.05) is 42.5 Å². The van der Waals surface area contributed by atoms with E-state index < -0.39 is 0 Å². The summed E-state index contributed by atoms with van der Waals surface area (Å²) in [7, 11) is 0. The SMILES string of the molecule is CC1(C)C(/C=C/C=C/Nc2ccccc2)=[N+](CCOC=O)c2ccccc21. The van der Waals surface area contributed by atoms with Gasteiger partial charge in [-0.2, -0.15) is 4.58 Å². The van der Waals surface area contributed by atoms with Crippen LogP contribution in [-0.2, 0) is 14.9 Å². The lowest BCUT2D eigenvalue weighted by atomic mass is 9.81. The molecule has 3 rings (SSSR count). The van der Waals surface area contributed by atoms with Gasteiger partial charge < -0.3 is 10.1 Å². The first-order valence-corrected chi connectivity index (χ1v) is 9.09. The van der Waals surface area contributed by atoms with Gasteiger partial charge in [-0.05, 0) is 32.1 Å². The normalized spacial score (nSPS) is 15.3. The van der Waals surface area contributed by atoms with Crippen molar-refractivity contribution < 1.29 is 14.1 Å². The summed E-state index contributed by atoms with van der Waals surface area (Å²) >= 11 is 0. The summed E-state index contributed by atoms with van der Waals surface area (Å²) in [6, 6.07) is 18.4. The number of ether oxygens (including phenoxy) is 1. The van der Waals surface area contributed by atoms with Crippen LogP contribution in [0.4, 0.5) is 11.4 Å². The highest BCUT2D eigenvalue weighted by Gasteiger charge is 2.43. The average Bonchev–Trinajstić information content (AvgIpc) is 2.90. The smallest absolute Gasteiger partial charge is 0.293 e. The third-order valence-electron chi connectivity index (χ3n) is 4.79. The molecule has 0 saturated heterocycles. The number of allylic oxidation sites excluding steroid dienone is 3. The molecule has 0 fully saturated rings. The van der Waals surface area contributed by atoms with Gasteiger partial charge in [0.1, 0.15) is 6.61 Å². The van der Waals surface area contributed by atoms with Gasteiger partial charge >= 0.3 is 0 Å². The molecule has 0 aliphatic carbocycles. The molecule has 0 atom stereocenters. The van der Waals surface area contributed by atoms with E-state index in [0.717, 1.165) is 5.69 Å². The van der Waals surface area contributed by atoms with Crippen molar-refractivity contribution in [3.8, 4) is 0 Å². The zero-order chi connectivity index (χ0) is 19.1. The largest absolute Gasteiger partial charge is 0.461 e. The summed E-state index contributed by atoms with van der Waals surface area (Å²) < 4.78 is 7.17. The van der Waals surface area contributed by atoms with Gasteiger partial charge in [0.15, 0.2) is 12.3 Å². The second-order valence-corrected chi connectivity index (χ2v) is 6.87. The van der Waals surface area contributed by atoms with E-state index in [-0.39, 0.29) is 5.41 Å². The Bertz CT molecular complexity index is 880. The standard InChI is InChI=1S/C23H24N2O2/c1-23(2)20-12-6-7-13-21(20)25(16-17-27-18-26)22(23)14-8-9-15-24-19-10-4-3-5-11-19/h3-15,18H,16-17H2,1-2H3/p+1. The molecule has 0 radical (unpaired) electrons. The predicted octanol–water partition coefficient (Wildman–Crippen LogP) is 4.42. The molecule has 0 unspecified atom stereocenters. The number of hydrogen-bond acceptors (Lipinski definition) is 3. The summed E-state index contributed by atoms with van der Waals surface area (Å²) in [4.78, 5) is 10.5. The maximum Gasteiger partial charge on any atom is 0.293 e. The van der Waals surface area contributed by atoms with Crippen molar-refractivity contribution >= 4 is 23.6 Å². The van der Waals surface area contributed by atoms with Crippen molar-refractivity contribution in [1.82, 2.24) is 0 Å². The minimum Gasteiger partial charge on any atom is -0.461 e. The maximum atomic E-state index is 10.5. The van der Waals surface area contributed by atoms with Crippen molar-refractivity contribution in [3.63, 3.8) is 0 Å². The number of hydrogen-bond donors (Lipinski definition) is 1. The Morgan fingerprint density at radius 3 is 2.56 bits per heavy atom. The summed E-state index contributed by atoms with van der Waals surface area (Å²) in [5.74, 6) is 0. The first kappa shape index (κ1) is 18.6. The number of rotatable bonds is 8. The molecule has 4 heteroatoms. The van der Waals surface area contributed by atoms with Crippen molar-refractivity contribution in [2.45, 2.75) is 19.3 Å². The topological polar surface area (TPSA) is 41.3 Å². The number of carbonyl (C=O) groups excluding carboxylic acids is 1. The molecule has 27 heavy (non-hydrogen) atoms. The van der Waals surface area contributed by atoms with E-state index in [2.05, 4.69) is 48.0 Å². The van der Waals surface area contributed by atoms with Crippen LogP contribution in [0.2, 0.25) is 0 Å². The van der Waals surface area contributed by atoms with Gasteiger partial charge in [-0.3, -0.25) is 4.79 Å². The van der Waals surface area contributed by atoms with E-state index in [1.807, 2.05) is 54.8 Å². The second kappa shape index (κ2) is 8.49. The number of carbonyl (C=O) groups is 1. The van der Waals surface area contributed by atoms with Crippen LogP contribution >= 0.6 is 0 Å². The van der Waals surface area contributed by atoms with Crippen LogP contribution in [0.15, 0.2) is 79.0 Å². The van der Waals surface area contributed by atoms with Crippen LogP contribution in [0, 0.1) is 0 Å². The highest BCUT2D eigenvalue weighted by molar-refractivity contribution is 6.03. The number of fused-ring (bicyclic) bond motifs is 1.